The van der Waals surface area contributed by atoms with Crippen LogP contribution in [0.1, 0.15) is 35.9 Å². The van der Waals surface area contributed by atoms with E-state index in [9.17, 15) is 4.79 Å². The number of carbonyl (C=O) groups excluding carboxylic acids is 1. The van der Waals surface area contributed by atoms with Gasteiger partial charge in [0, 0.05) is 28.4 Å². The highest BCUT2D eigenvalue weighted by Gasteiger charge is 2.26. The van der Waals surface area contributed by atoms with Crippen LogP contribution in [0.25, 0.3) is 11.2 Å². The summed E-state index contributed by atoms with van der Waals surface area (Å²) in [5.41, 5.74) is 2.55. The average Bonchev–Trinajstić information content (AvgIpc) is 3.41. The molecule has 0 spiro atoms. The van der Waals surface area contributed by atoms with E-state index in [0.29, 0.717) is 13.1 Å². The maximum Gasteiger partial charge on any atom is 0.254 e. The summed E-state index contributed by atoms with van der Waals surface area (Å²) >= 11 is 2.24. The molecule has 26 heavy (non-hydrogen) atoms. The van der Waals surface area contributed by atoms with Crippen molar-refractivity contribution >= 4 is 39.7 Å². The molecule has 2 heterocycles. The summed E-state index contributed by atoms with van der Waals surface area (Å²) in [7, 11) is 0. The lowest BCUT2D eigenvalue weighted by Gasteiger charge is -2.21. The maximum absolute atomic E-state index is 13.0. The first-order valence-corrected chi connectivity index (χ1v) is 10.1. The highest BCUT2D eigenvalue weighted by molar-refractivity contribution is 14.1. The smallest absolute Gasteiger partial charge is 0.254 e. The summed E-state index contributed by atoms with van der Waals surface area (Å²) in [6.07, 6.45) is 4.35. The van der Waals surface area contributed by atoms with Crippen LogP contribution in [-0.4, -0.2) is 31.9 Å². The minimum atomic E-state index is 0.0454. The second kappa shape index (κ2) is 7.34. The number of nitrogens with zero attached hydrogens (tertiary/aromatic N) is 4. The molecule has 2 aromatic heterocycles. The number of benzene rings is 1. The van der Waals surface area contributed by atoms with Crippen LogP contribution in [-0.2, 0) is 13.1 Å². The number of halogens is 1. The Kier molecular flexibility index (Phi) is 4.93. The molecule has 1 aliphatic carbocycles. The van der Waals surface area contributed by atoms with Crippen LogP contribution >= 0.6 is 22.6 Å². The molecule has 1 aliphatic rings. The van der Waals surface area contributed by atoms with Gasteiger partial charge >= 0.3 is 0 Å². The van der Waals surface area contributed by atoms with Crippen molar-refractivity contribution in [2.45, 2.75) is 32.9 Å². The molecule has 0 radical (unpaired) electrons. The van der Waals surface area contributed by atoms with Gasteiger partial charge in [-0.25, -0.2) is 9.97 Å². The Labute approximate surface area is 166 Å². The predicted octanol–water partition coefficient (Wildman–Crippen LogP) is 4.11. The van der Waals surface area contributed by atoms with E-state index < -0.39 is 0 Å². The van der Waals surface area contributed by atoms with Crippen molar-refractivity contribution in [3.05, 3.63) is 57.6 Å². The van der Waals surface area contributed by atoms with Gasteiger partial charge in [0.05, 0.1) is 6.54 Å². The van der Waals surface area contributed by atoms with Crippen LogP contribution in [0.5, 0.6) is 0 Å². The first-order chi connectivity index (χ1) is 12.7. The fourth-order valence-corrected chi connectivity index (χ4v) is 3.72. The first-order valence-electron chi connectivity index (χ1n) is 9.00. The summed E-state index contributed by atoms with van der Waals surface area (Å²) in [5.74, 6) is 1.69. The minimum absolute atomic E-state index is 0.0454. The number of hydrogen-bond acceptors (Lipinski definition) is 3. The van der Waals surface area contributed by atoms with Gasteiger partial charge < -0.3 is 9.47 Å². The molecule has 1 aromatic carbocycles. The molecule has 1 amide bonds. The molecule has 5 nitrogen and oxygen atoms in total. The minimum Gasteiger partial charge on any atom is -0.331 e. The molecule has 1 fully saturated rings. The van der Waals surface area contributed by atoms with E-state index >= 15 is 0 Å². The number of amides is 1. The highest BCUT2D eigenvalue weighted by Crippen LogP contribution is 2.32. The quantitative estimate of drug-likeness (QED) is 0.521. The topological polar surface area (TPSA) is 51.0 Å². The summed E-state index contributed by atoms with van der Waals surface area (Å²) in [6.45, 7) is 4.10. The van der Waals surface area contributed by atoms with E-state index in [4.69, 9.17) is 4.98 Å². The molecule has 3 aromatic rings. The second-order valence-electron chi connectivity index (χ2n) is 6.76. The third kappa shape index (κ3) is 3.60. The largest absolute Gasteiger partial charge is 0.331 e. The van der Waals surface area contributed by atoms with Crippen molar-refractivity contribution in [3.63, 3.8) is 0 Å². The van der Waals surface area contributed by atoms with Gasteiger partial charge in [0.2, 0.25) is 0 Å². The lowest BCUT2D eigenvalue weighted by molar-refractivity contribution is 0.0746. The summed E-state index contributed by atoms with van der Waals surface area (Å²) in [4.78, 5) is 24.1. The Morgan fingerprint density at radius 3 is 2.88 bits per heavy atom. The molecule has 0 bridgehead atoms. The highest BCUT2D eigenvalue weighted by atomic mass is 127. The Morgan fingerprint density at radius 2 is 2.15 bits per heavy atom. The molecule has 4 rings (SSSR count). The number of aromatic nitrogens is 3. The normalized spacial score (nSPS) is 13.9. The summed E-state index contributed by atoms with van der Waals surface area (Å²) < 4.78 is 3.27. The van der Waals surface area contributed by atoms with Crippen LogP contribution in [0.3, 0.4) is 0 Å². The SMILES string of the molecule is CCN(Cc1nc2cccnc2n1CC1CC1)C(=O)c1cccc(I)c1. The van der Waals surface area contributed by atoms with Crippen molar-refractivity contribution in [1.29, 1.82) is 0 Å². The number of imidazole rings is 1. The van der Waals surface area contributed by atoms with Gasteiger partial charge in [-0.05, 0) is 78.6 Å². The Hall–Kier alpha value is -1.96. The zero-order chi connectivity index (χ0) is 18.1. The zero-order valence-corrected chi connectivity index (χ0v) is 16.9. The first kappa shape index (κ1) is 17.5. The molecule has 0 unspecified atom stereocenters. The van der Waals surface area contributed by atoms with Gasteiger partial charge in [0.25, 0.3) is 5.91 Å². The van der Waals surface area contributed by atoms with Crippen LogP contribution < -0.4 is 0 Å². The predicted molar refractivity (Wildman–Crippen MR) is 110 cm³/mol. The van der Waals surface area contributed by atoms with E-state index in [2.05, 4.69) is 32.1 Å². The van der Waals surface area contributed by atoms with Gasteiger partial charge in [-0.3, -0.25) is 4.79 Å². The number of rotatable bonds is 6. The van der Waals surface area contributed by atoms with E-state index in [1.807, 2.05) is 54.4 Å². The Morgan fingerprint density at radius 1 is 1.31 bits per heavy atom. The number of hydrogen-bond donors (Lipinski definition) is 0. The monoisotopic (exact) mass is 460 g/mol. The molecule has 0 saturated heterocycles. The molecular weight excluding hydrogens is 439 g/mol. The van der Waals surface area contributed by atoms with E-state index in [-0.39, 0.29) is 5.91 Å². The number of pyridine rings is 1. The van der Waals surface area contributed by atoms with Crippen molar-refractivity contribution in [2.24, 2.45) is 5.92 Å². The second-order valence-corrected chi connectivity index (χ2v) is 8.00. The molecule has 6 heteroatoms. The van der Waals surface area contributed by atoms with E-state index in [1.54, 1.807) is 0 Å². The van der Waals surface area contributed by atoms with E-state index in [1.165, 1.54) is 12.8 Å². The molecule has 0 aliphatic heterocycles. The van der Waals surface area contributed by atoms with Gasteiger partial charge in [-0.1, -0.05) is 6.07 Å². The van der Waals surface area contributed by atoms with Gasteiger partial charge in [-0.2, -0.15) is 0 Å². The third-order valence-electron chi connectivity index (χ3n) is 4.79. The Balaban J connectivity index is 1.65. The van der Waals surface area contributed by atoms with Crippen molar-refractivity contribution in [2.75, 3.05) is 6.54 Å². The van der Waals surface area contributed by atoms with Crippen LogP contribution in [0.4, 0.5) is 0 Å². The fraction of sp³-hybridized carbons (Fsp3) is 0.350. The van der Waals surface area contributed by atoms with Crippen LogP contribution in [0.15, 0.2) is 42.6 Å². The standard InChI is InChI=1S/C20H21IN4O/c1-2-24(20(26)15-5-3-6-16(21)11-15)13-18-23-17-7-4-10-22-19(17)25(18)12-14-8-9-14/h3-7,10-11,14H,2,8-9,12-13H2,1H3. The number of fused-ring (bicyclic) bond motifs is 1. The maximum atomic E-state index is 13.0. The molecule has 0 N–H and O–H groups in total. The van der Waals surface area contributed by atoms with Gasteiger partial charge in [0.1, 0.15) is 11.3 Å². The lowest BCUT2D eigenvalue weighted by atomic mass is 10.2. The lowest BCUT2D eigenvalue weighted by Crippen LogP contribution is -2.31. The zero-order valence-electron chi connectivity index (χ0n) is 14.7. The van der Waals surface area contributed by atoms with Crippen LogP contribution in [0.2, 0.25) is 0 Å². The third-order valence-corrected chi connectivity index (χ3v) is 5.46. The molecule has 0 atom stereocenters. The van der Waals surface area contributed by atoms with Gasteiger partial charge in [-0.15, -0.1) is 0 Å². The van der Waals surface area contributed by atoms with Crippen molar-refractivity contribution < 1.29 is 4.79 Å². The Bertz CT molecular complexity index is 948. The average molecular weight is 460 g/mol. The van der Waals surface area contributed by atoms with E-state index in [0.717, 1.165) is 38.6 Å². The fourth-order valence-electron chi connectivity index (χ4n) is 3.18. The molecular formula is C20H21IN4O. The van der Waals surface area contributed by atoms with Gasteiger partial charge in [0.15, 0.2) is 5.65 Å². The van der Waals surface area contributed by atoms with Crippen LogP contribution in [0, 0.1) is 9.49 Å². The van der Waals surface area contributed by atoms with Crippen molar-refractivity contribution in [1.82, 2.24) is 19.4 Å². The molecule has 1 saturated carbocycles. The number of carbonyl (C=O) groups is 1. The molecule has 134 valence electrons. The summed E-state index contributed by atoms with van der Waals surface area (Å²) in [5, 5.41) is 0. The van der Waals surface area contributed by atoms with Crippen molar-refractivity contribution in [3.8, 4) is 0 Å². The summed E-state index contributed by atoms with van der Waals surface area (Å²) in [6, 6.07) is 11.6.